The van der Waals surface area contributed by atoms with Gasteiger partial charge in [-0.15, -0.1) is 0 Å². The Bertz CT molecular complexity index is 829. The molecule has 0 aliphatic carbocycles. The van der Waals surface area contributed by atoms with Crippen molar-refractivity contribution in [3.63, 3.8) is 0 Å². The molecule has 3 heterocycles. The minimum atomic E-state index is -0.287. The van der Waals surface area contributed by atoms with E-state index < -0.39 is 0 Å². The molecule has 0 radical (unpaired) electrons. The number of hydrogen-bond donors (Lipinski definition) is 1. The van der Waals surface area contributed by atoms with Crippen LogP contribution in [0.3, 0.4) is 0 Å². The molecule has 1 aromatic carbocycles. The molecular weight excluding hydrogens is 346 g/mol. The summed E-state index contributed by atoms with van der Waals surface area (Å²) in [5.74, 6) is 0.420. The summed E-state index contributed by atoms with van der Waals surface area (Å²) in [6, 6.07) is 7.54. The molecule has 4 rings (SSSR count). The Labute approximate surface area is 158 Å². The number of oxazole rings is 1. The van der Waals surface area contributed by atoms with E-state index in [9.17, 15) is 9.59 Å². The van der Waals surface area contributed by atoms with Crippen molar-refractivity contribution in [1.29, 1.82) is 0 Å². The molecule has 2 fully saturated rings. The Morgan fingerprint density at radius 2 is 1.96 bits per heavy atom. The zero-order valence-electron chi connectivity index (χ0n) is 15.6. The molecule has 1 atom stereocenters. The highest BCUT2D eigenvalue weighted by atomic mass is 16.5. The summed E-state index contributed by atoms with van der Waals surface area (Å²) in [7, 11) is 0. The van der Waals surface area contributed by atoms with Crippen LogP contribution in [0.15, 0.2) is 33.5 Å². The molecule has 2 aliphatic rings. The van der Waals surface area contributed by atoms with Crippen molar-refractivity contribution in [3.8, 4) is 0 Å². The lowest BCUT2D eigenvalue weighted by molar-refractivity contribution is -0.125. The first-order chi connectivity index (χ1) is 13.2. The number of carbonyl (C=O) groups excluding carboxylic acids is 1. The van der Waals surface area contributed by atoms with Crippen LogP contribution < -0.4 is 11.1 Å². The third-order valence-electron chi connectivity index (χ3n) is 5.79. The number of amides is 1. The van der Waals surface area contributed by atoms with E-state index in [2.05, 4.69) is 10.2 Å². The third kappa shape index (κ3) is 4.25. The van der Waals surface area contributed by atoms with Crippen LogP contribution in [0, 0.1) is 11.8 Å². The van der Waals surface area contributed by atoms with Gasteiger partial charge in [-0.05, 0) is 50.4 Å². The minimum absolute atomic E-state index is 0.0354. The van der Waals surface area contributed by atoms with Crippen molar-refractivity contribution < 1.29 is 13.9 Å². The van der Waals surface area contributed by atoms with Crippen molar-refractivity contribution >= 4 is 17.0 Å². The molecule has 1 amide bonds. The molecule has 7 nitrogen and oxygen atoms in total. The van der Waals surface area contributed by atoms with Gasteiger partial charge in [-0.1, -0.05) is 12.1 Å². The van der Waals surface area contributed by atoms with Crippen molar-refractivity contribution in [1.82, 2.24) is 14.8 Å². The Morgan fingerprint density at radius 1 is 1.15 bits per heavy atom. The van der Waals surface area contributed by atoms with Gasteiger partial charge in [0.25, 0.3) is 0 Å². The summed E-state index contributed by atoms with van der Waals surface area (Å²) in [6.45, 7) is 5.49. The number of likely N-dealkylation sites (tertiary alicyclic amines) is 1. The zero-order valence-corrected chi connectivity index (χ0v) is 15.6. The maximum absolute atomic E-state index is 12.1. The zero-order chi connectivity index (χ0) is 18.6. The number of para-hydroxylation sites is 2. The highest BCUT2D eigenvalue weighted by Crippen LogP contribution is 2.18. The highest BCUT2D eigenvalue weighted by molar-refractivity contribution is 5.79. The topological polar surface area (TPSA) is 76.7 Å². The van der Waals surface area contributed by atoms with Crippen LogP contribution >= 0.6 is 0 Å². The van der Waals surface area contributed by atoms with Crippen molar-refractivity contribution in [3.05, 3.63) is 34.8 Å². The average molecular weight is 373 g/mol. The molecule has 7 heteroatoms. The molecule has 1 aromatic heterocycles. The van der Waals surface area contributed by atoms with E-state index in [0.29, 0.717) is 31.3 Å². The third-order valence-corrected chi connectivity index (χ3v) is 5.79. The number of nitrogens with one attached hydrogen (secondary N) is 1. The van der Waals surface area contributed by atoms with Crippen LogP contribution in [0.25, 0.3) is 11.1 Å². The van der Waals surface area contributed by atoms with Gasteiger partial charge in [0.05, 0.1) is 18.0 Å². The van der Waals surface area contributed by atoms with Crippen molar-refractivity contribution in [2.75, 3.05) is 39.4 Å². The number of piperidine rings is 1. The quantitative estimate of drug-likeness (QED) is 0.830. The predicted octanol–water partition coefficient (Wildman–Crippen LogP) is 1.46. The monoisotopic (exact) mass is 373 g/mol. The number of hydrogen-bond acceptors (Lipinski definition) is 5. The lowest BCUT2D eigenvalue weighted by atomic mass is 9.96. The molecule has 2 aromatic rings. The standard InChI is InChI=1S/C20H27N3O4/c24-19(16-7-12-26-14-16)21-13-15-5-8-22(9-6-15)10-11-23-17-3-1-2-4-18(17)27-20(23)25/h1-4,15-16H,5-14H2,(H,21,24). The van der Waals surface area contributed by atoms with Gasteiger partial charge in [-0.2, -0.15) is 0 Å². The fraction of sp³-hybridized carbons (Fsp3) is 0.600. The number of nitrogens with zero attached hydrogens (tertiary/aromatic N) is 2. The van der Waals surface area contributed by atoms with E-state index in [1.807, 2.05) is 24.3 Å². The first kappa shape index (κ1) is 18.3. The number of rotatable bonds is 6. The van der Waals surface area contributed by atoms with E-state index in [4.69, 9.17) is 9.15 Å². The van der Waals surface area contributed by atoms with E-state index in [-0.39, 0.29) is 17.6 Å². The van der Waals surface area contributed by atoms with Crippen LogP contribution in [-0.4, -0.2) is 54.8 Å². The normalized spacial score (nSPS) is 21.7. The summed E-state index contributed by atoms with van der Waals surface area (Å²) < 4.78 is 12.3. The first-order valence-electron chi connectivity index (χ1n) is 9.87. The summed E-state index contributed by atoms with van der Waals surface area (Å²) in [4.78, 5) is 26.5. The van der Waals surface area contributed by atoms with Gasteiger partial charge >= 0.3 is 5.76 Å². The molecule has 27 heavy (non-hydrogen) atoms. The predicted molar refractivity (Wildman–Crippen MR) is 102 cm³/mol. The van der Waals surface area contributed by atoms with Gasteiger partial charge < -0.3 is 19.4 Å². The second-order valence-corrected chi connectivity index (χ2v) is 7.58. The Balaban J connectivity index is 1.22. The number of aromatic nitrogens is 1. The summed E-state index contributed by atoms with van der Waals surface area (Å²) in [5, 5.41) is 3.10. The molecule has 1 N–H and O–H groups in total. The Kier molecular flexibility index (Phi) is 5.59. The van der Waals surface area contributed by atoms with Crippen molar-refractivity contribution in [2.45, 2.75) is 25.8 Å². The molecule has 2 saturated heterocycles. The largest absolute Gasteiger partial charge is 0.419 e. The smallest absolute Gasteiger partial charge is 0.408 e. The number of benzene rings is 1. The molecular formula is C20H27N3O4. The molecule has 1 unspecified atom stereocenters. The first-order valence-corrected chi connectivity index (χ1v) is 9.87. The van der Waals surface area contributed by atoms with Crippen LogP contribution in [0.2, 0.25) is 0 Å². The molecule has 0 saturated carbocycles. The van der Waals surface area contributed by atoms with Crippen LogP contribution in [0.5, 0.6) is 0 Å². The summed E-state index contributed by atoms with van der Waals surface area (Å²) in [5.41, 5.74) is 1.50. The number of fused-ring (bicyclic) bond motifs is 1. The second kappa shape index (κ2) is 8.27. The Hall–Kier alpha value is -2.12. The molecule has 0 spiro atoms. The maximum atomic E-state index is 12.1. The van der Waals surface area contributed by atoms with Gasteiger partial charge in [0.2, 0.25) is 5.91 Å². The fourth-order valence-electron chi connectivity index (χ4n) is 4.01. The molecule has 146 valence electrons. The van der Waals surface area contributed by atoms with Gasteiger partial charge in [-0.25, -0.2) is 4.79 Å². The van der Waals surface area contributed by atoms with E-state index in [1.54, 1.807) is 4.57 Å². The Morgan fingerprint density at radius 3 is 2.74 bits per heavy atom. The summed E-state index contributed by atoms with van der Waals surface area (Å²) in [6.07, 6.45) is 2.98. The van der Waals surface area contributed by atoms with Crippen LogP contribution in [0.4, 0.5) is 0 Å². The van der Waals surface area contributed by atoms with Gasteiger partial charge in [-0.3, -0.25) is 9.36 Å². The lowest BCUT2D eigenvalue weighted by Crippen LogP contribution is -2.41. The van der Waals surface area contributed by atoms with Gasteiger partial charge in [0.1, 0.15) is 0 Å². The number of carbonyl (C=O) groups is 1. The van der Waals surface area contributed by atoms with E-state index in [0.717, 1.165) is 51.0 Å². The minimum Gasteiger partial charge on any atom is -0.408 e. The SMILES string of the molecule is O=C(NCC1CCN(CCn2c(=O)oc3ccccc32)CC1)C1CCOC1. The highest BCUT2D eigenvalue weighted by Gasteiger charge is 2.25. The molecule has 2 aliphatic heterocycles. The number of ether oxygens (including phenoxy) is 1. The second-order valence-electron chi connectivity index (χ2n) is 7.58. The average Bonchev–Trinajstić information content (AvgIpc) is 3.33. The van der Waals surface area contributed by atoms with Crippen molar-refractivity contribution in [2.24, 2.45) is 11.8 Å². The van der Waals surface area contributed by atoms with Gasteiger partial charge in [0, 0.05) is 26.2 Å². The van der Waals surface area contributed by atoms with Crippen LogP contribution in [0.1, 0.15) is 19.3 Å². The van der Waals surface area contributed by atoms with Gasteiger partial charge in [0.15, 0.2) is 5.58 Å². The molecule has 0 bridgehead atoms. The summed E-state index contributed by atoms with van der Waals surface area (Å²) >= 11 is 0. The van der Waals surface area contributed by atoms with Crippen LogP contribution in [-0.2, 0) is 16.1 Å². The fourth-order valence-corrected chi connectivity index (χ4v) is 4.01. The van der Waals surface area contributed by atoms with E-state index >= 15 is 0 Å². The van der Waals surface area contributed by atoms with E-state index in [1.165, 1.54) is 0 Å². The lowest BCUT2D eigenvalue weighted by Gasteiger charge is -2.32. The maximum Gasteiger partial charge on any atom is 0.419 e.